The average molecular weight is 250 g/mol. The first kappa shape index (κ1) is 12.8. The van der Waals surface area contributed by atoms with Crippen molar-refractivity contribution in [2.24, 2.45) is 0 Å². The molecule has 0 saturated heterocycles. The van der Waals surface area contributed by atoms with E-state index in [1.165, 1.54) is 12.3 Å². The zero-order valence-electron chi connectivity index (χ0n) is 8.71. The van der Waals surface area contributed by atoms with Crippen LogP contribution in [-0.4, -0.2) is 22.3 Å². The van der Waals surface area contributed by atoms with Crippen molar-refractivity contribution in [3.63, 3.8) is 0 Å². The van der Waals surface area contributed by atoms with Crippen LogP contribution in [0.15, 0.2) is 18.5 Å². The summed E-state index contributed by atoms with van der Waals surface area (Å²) >= 11 is 4.62. The van der Waals surface area contributed by atoms with Crippen LogP contribution in [0.5, 0.6) is 5.75 Å². The van der Waals surface area contributed by atoms with E-state index in [1.54, 1.807) is 13.8 Å². The van der Waals surface area contributed by atoms with Gasteiger partial charge in [-0.3, -0.25) is 9.78 Å². The van der Waals surface area contributed by atoms with Crippen molar-refractivity contribution >= 4 is 17.4 Å². The smallest absolute Gasteiger partial charge is 0.384 e. The number of alkyl halides is 3. The first-order chi connectivity index (χ1) is 7.30. The highest BCUT2D eigenvalue weighted by Crippen LogP contribution is 2.25. The molecule has 0 spiro atoms. The van der Waals surface area contributed by atoms with Crippen molar-refractivity contribution in [2.45, 2.75) is 25.3 Å². The normalized spacial score (nSPS) is 11.6. The minimum absolute atomic E-state index is 0.135. The van der Waals surface area contributed by atoms with E-state index in [4.69, 9.17) is 4.74 Å². The number of Topliss-reactive ketones (excluding diaryl/α,β-unsaturated/α-hetero) is 1. The number of ketones is 1. The molecule has 0 aromatic carbocycles. The number of hydrogen-bond acceptors (Lipinski definition) is 3. The van der Waals surface area contributed by atoms with Crippen molar-refractivity contribution in [2.75, 3.05) is 0 Å². The Bertz CT molecular complexity index is 391. The average Bonchev–Trinajstić information content (AvgIpc) is 2.14. The van der Waals surface area contributed by atoms with E-state index in [1.807, 2.05) is 0 Å². The second-order valence-electron chi connectivity index (χ2n) is 3.40. The lowest BCUT2D eigenvalue weighted by Gasteiger charge is -2.11. The highest BCUT2D eigenvalue weighted by molar-refractivity contribution is 6.35. The molecule has 0 atom stereocenters. The number of aromatic nitrogens is 1. The van der Waals surface area contributed by atoms with Crippen LogP contribution in [0.2, 0.25) is 0 Å². The van der Waals surface area contributed by atoms with Crippen molar-refractivity contribution in [1.29, 1.82) is 0 Å². The quantitative estimate of drug-likeness (QED) is 0.608. The minimum atomic E-state index is -3.92. The molecule has 0 bridgehead atoms. The number of carbonyl (C=O) groups is 1. The van der Waals surface area contributed by atoms with Crippen LogP contribution in [0.25, 0.3) is 0 Å². The summed E-state index contributed by atoms with van der Waals surface area (Å²) in [7, 11) is 0. The van der Waals surface area contributed by atoms with E-state index in [-0.39, 0.29) is 17.4 Å². The molecule has 0 amide bonds. The molecule has 16 heavy (non-hydrogen) atoms. The Morgan fingerprint density at radius 1 is 1.50 bits per heavy atom. The minimum Gasteiger partial charge on any atom is -0.489 e. The van der Waals surface area contributed by atoms with E-state index in [0.29, 0.717) is 0 Å². The van der Waals surface area contributed by atoms with E-state index in [0.717, 1.165) is 6.20 Å². The molecular formula is C10H10ClF2NO2. The van der Waals surface area contributed by atoms with Gasteiger partial charge in [0, 0.05) is 11.8 Å². The fourth-order valence-corrected chi connectivity index (χ4v) is 1.15. The molecule has 0 aliphatic carbocycles. The van der Waals surface area contributed by atoms with Crippen LogP contribution in [0.4, 0.5) is 8.78 Å². The molecule has 1 aromatic heterocycles. The van der Waals surface area contributed by atoms with Gasteiger partial charge in [-0.1, -0.05) is 0 Å². The summed E-state index contributed by atoms with van der Waals surface area (Å²) in [5.41, 5.74) is -0.279. The summed E-state index contributed by atoms with van der Waals surface area (Å²) in [5.74, 6) is -1.24. The van der Waals surface area contributed by atoms with Gasteiger partial charge >= 0.3 is 5.38 Å². The maximum atomic E-state index is 12.5. The zero-order chi connectivity index (χ0) is 12.3. The largest absolute Gasteiger partial charge is 0.489 e. The Balaban J connectivity index is 2.95. The molecule has 0 saturated carbocycles. The van der Waals surface area contributed by atoms with Gasteiger partial charge in [0.1, 0.15) is 5.75 Å². The number of pyridine rings is 1. The van der Waals surface area contributed by atoms with Crippen LogP contribution < -0.4 is 4.74 Å². The second kappa shape index (κ2) is 4.74. The standard InChI is InChI=1S/C10H10ClF2NO2/c1-6(2)16-8-3-7(4-14-5-8)9(15)10(11,12)13/h3-6H,1-2H3. The molecule has 0 aliphatic heterocycles. The SMILES string of the molecule is CC(C)Oc1cncc(C(=O)C(F)(F)Cl)c1. The van der Waals surface area contributed by atoms with Crippen molar-refractivity contribution in [1.82, 2.24) is 4.98 Å². The van der Waals surface area contributed by atoms with Gasteiger partial charge in [0.2, 0.25) is 5.78 Å². The maximum absolute atomic E-state index is 12.5. The second-order valence-corrected chi connectivity index (χ2v) is 3.88. The van der Waals surface area contributed by atoms with Crippen molar-refractivity contribution in [3.8, 4) is 5.75 Å². The van der Waals surface area contributed by atoms with Gasteiger partial charge in [0.15, 0.2) is 0 Å². The van der Waals surface area contributed by atoms with Crippen LogP contribution in [-0.2, 0) is 0 Å². The van der Waals surface area contributed by atoms with Crippen LogP contribution in [0.3, 0.4) is 0 Å². The summed E-state index contributed by atoms with van der Waals surface area (Å²) < 4.78 is 30.3. The van der Waals surface area contributed by atoms with Crippen LogP contribution in [0.1, 0.15) is 24.2 Å². The van der Waals surface area contributed by atoms with E-state index < -0.39 is 11.2 Å². The third-order valence-corrected chi connectivity index (χ3v) is 1.78. The van der Waals surface area contributed by atoms with Gasteiger partial charge in [-0.05, 0) is 31.5 Å². The number of rotatable bonds is 4. The Kier molecular flexibility index (Phi) is 3.80. The summed E-state index contributed by atoms with van der Waals surface area (Å²) in [5, 5.41) is -3.92. The first-order valence-corrected chi connectivity index (χ1v) is 4.91. The van der Waals surface area contributed by atoms with Crippen LogP contribution >= 0.6 is 11.6 Å². The lowest BCUT2D eigenvalue weighted by molar-refractivity contribution is 0.0535. The fourth-order valence-electron chi connectivity index (χ4n) is 1.04. The Morgan fingerprint density at radius 2 is 2.12 bits per heavy atom. The van der Waals surface area contributed by atoms with E-state index >= 15 is 0 Å². The van der Waals surface area contributed by atoms with Crippen molar-refractivity contribution in [3.05, 3.63) is 24.0 Å². The Morgan fingerprint density at radius 3 is 2.62 bits per heavy atom. The molecular weight excluding hydrogens is 240 g/mol. The highest BCUT2D eigenvalue weighted by atomic mass is 35.5. The topological polar surface area (TPSA) is 39.2 Å². The van der Waals surface area contributed by atoms with E-state index in [2.05, 4.69) is 16.6 Å². The molecule has 6 heteroatoms. The summed E-state index contributed by atoms with van der Waals surface area (Å²) in [6, 6.07) is 1.19. The summed E-state index contributed by atoms with van der Waals surface area (Å²) in [6.07, 6.45) is 2.22. The maximum Gasteiger partial charge on any atom is 0.384 e. The number of ether oxygens (including phenoxy) is 1. The third-order valence-electron chi connectivity index (χ3n) is 1.60. The molecule has 0 N–H and O–H groups in total. The lowest BCUT2D eigenvalue weighted by atomic mass is 10.2. The highest BCUT2D eigenvalue weighted by Gasteiger charge is 2.36. The van der Waals surface area contributed by atoms with Gasteiger partial charge in [-0.25, -0.2) is 0 Å². The fraction of sp³-hybridized carbons (Fsp3) is 0.400. The van der Waals surface area contributed by atoms with Gasteiger partial charge in [0.25, 0.3) is 0 Å². The molecule has 3 nitrogen and oxygen atoms in total. The number of carbonyl (C=O) groups excluding carboxylic acids is 1. The summed E-state index contributed by atoms with van der Waals surface area (Å²) in [4.78, 5) is 14.8. The van der Waals surface area contributed by atoms with Gasteiger partial charge in [-0.15, -0.1) is 0 Å². The number of nitrogens with zero attached hydrogens (tertiary/aromatic N) is 1. The zero-order valence-corrected chi connectivity index (χ0v) is 9.46. The molecule has 0 aliphatic rings. The van der Waals surface area contributed by atoms with Crippen LogP contribution in [0, 0.1) is 0 Å². The number of hydrogen-bond donors (Lipinski definition) is 0. The van der Waals surface area contributed by atoms with Crippen molar-refractivity contribution < 1.29 is 18.3 Å². The summed E-state index contributed by atoms with van der Waals surface area (Å²) in [6.45, 7) is 3.54. The Labute approximate surface area is 96.4 Å². The predicted octanol–water partition coefficient (Wildman–Crippen LogP) is 2.88. The molecule has 88 valence electrons. The molecule has 0 fully saturated rings. The molecule has 0 unspecified atom stereocenters. The molecule has 1 heterocycles. The van der Waals surface area contributed by atoms with Gasteiger partial charge < -0.3 is 4.74 Å². The molecule has 1 rings (SSSR count). The van der Waals surface area contributed by atoms with E-state index in [9.17, 15) is 13.6 Å². The van der Waals surface area contributed by atoms with Gasteiger partial charge in [0.05, 0.1) is 12.3 Å². The third kappa shape index (κ3) is 3.41. The Hall–Kier alpha value is -1.23. The predicted molar refractivity (Wildman–Crippen MR) is 55.1 cm³/mol. The first-order valence-electron chi connectivity index (χ1n) is 4.54. The molecule has 0 radical (unpaired) electrons. The monoisotopic (exact) mass is 249 g/mol. The number of halogens is 3. The molecule has 1 aromatic rings. The lowest BCUT2D eigenvalue weighted by Crippen LogP contribution is -2.21. The van der Waals surface area contributed by atoms with Gasteiger partial charge in [-0.2, -0.15) is 8.78 Å².